The summed E-state index contributed by atoms with van der Waals surface area (Å²) < 4.78 is 26.8. The van der Waals surface area contributed by atoms with Crippen molar-refractivity contribution in [1.82, 2.24) is 0 Å². The van der Waals surface area contributed by atoms with E-state index >= 15 is 0 Å². The number of nitrogens with one attached hydrogen (secondary N) is 1. The van der Waals surface area contributed by atoms with Gasteiger partial charge in [-0.05, 0) is 66.2 Å². The molecule has 3 aromatic rings. The third-order valence-corrected chi connectivity index (χ3v) is 6.08. The molecule has 0 bridgehead atoms. The van der Waals surface area contributed by atoms with Crippen LogP contribution >= 0.6 is 27.5 Å². The summed E-state index contributed by atoms with van der Waals surface area (Å²) in [6.45, 7) is 0.167. The molecule has 0 unspecified atom stereocenters. The molecule has 0 aromatic heterocycles. The Balaban J connectivity index is 1.79. The van der Waals surface area contributed by atoms with Crippen LogP contribution in [0.2, 0.25) is 5.02 Å². The molecule has 29 heavy (non-hydrogen) atoms. The Morgan fingerprint density at radius 1 is 0.966 bits per heavy atom. The maximum absolute atomic E-state index is 12.4. The molecule has 0 aliphatic heterocycles. The van der Waals surface area contributed by atoms with Crippen LogP contribution in [0, 0.1) is 0 Å². The van der Waals surface area contributed by atoms with Gasteiger partial charge in [0.25, 0.3) is 5.91 Å². The number of halogens is 2. The average Bonchev–Trinajstić information content (AvgIpc) is 2.68. The second kappa shape index (κ2) is 8.98. The minimum absolute atomic E-state index is 0.167. The minimum atomic E-state index is -3.52. The molecule has 0 heterocycles. The first-order chi connectivity index (χ1) is 13.7. The van der Waals surface area contributed by atoms with Gasteiger partial charge < -0.3 is 5.32 Å². The number of carbonyl (C=O) groups excluding carboxylic acids is 1. The number of hydrogen-bond donors (Lipinski definition) is 1. The molecular formula is C21H18BrClN2O3S. The number of nitrogens with zero attached hydrogens (tertiary/aromatic N) is 1. The highest BCUT2D eigenvalue weighted by molar-refractivity contribution is 9.10. The summed E-state index contributed by atoms with van der Waals surface area (Å²) >= 11 is 9.24. The predicted molar refractivity (Wildman–Crippen MR) is 121 cm³/mol. The molecule has 3 rings (SSSR count). The summed E-state index contributed by atoms with van der Waals surface area (Å²) in [6, 6.07) is 20.7. The summed E-state index contributed by atoms with van der Waals surface area (Å²) in [5.74, 6) is -0.275. The molecule has 1 amide bonds. The van der Waals surface area contributed by atoms with Crippen LogP contribution in [-0.2, 0) is 16.6 Å². The molecule has 0 spiro atoms. The van der Waals surface area contributed by atoms with E-state index in [1.165, 1.54) is 4.31 Å². The maximum Gasteiger partial charge on any atom is 0.255 e. The van der Waals surface area contributed by atoms with Gasteiger partial charge in [0.2, 0.25) is 10.0 Å². The quantitative estimate of drug-likeness (QED) is 0.505. The highest BCUT2D eigenvalue weighted by Crippen LogP contribution is 2.23. The molecule has 0 aliphatic rings. The zero-order chi connectivity index (χ0) is 21.0. The lowest BCUT2D eigenvalue weighted by atomic mass is 10.1. The standard InChI is InChI=1S/C21H18BrClN2O3S/c1-29(27,28)25(14-15-2-8-18(23)9-3-15)20-12-4-16(5-13-20)21(26)24-19-10-6-17(22)7-11-19/h2-13H,14H2,1H3,(H,24,26). The van der Waals surface area contributed by atoms with Crippen molar-refractivity contribution in [2.75, 3.05) is 15.9 Å². The maximum atomic E-state index is 12.4. The summed E-state index contributed by atoms with van der Waals surface area (Å²) in [7, 11) is -3.52. The fourth-order valence-corrected chi connectivity index (χ4v) is 3.95. The van der Waals surface area contributed by atoms with Crippen LogP contribution in [0.15, 0.2) is 77.3 Å². The van der Waals surface area contributed by atoms with Gasteiger partial charge in [0.15, 0.2) is 0 Å². The third-order valence-electron chi connectivity index (χ3n) is 4.16. The van der Waals surface area contributed by atoms with Crippen LogP contribution in [0.25, 0.3) is 0 Å². The van der Waals surface area contributed by atoms with E-state index in [0.717, 1.165) is 16.3 Å². The van der Waals surface area contributed by atoms with Gasteiger partial charge in [0, 0.05) is 20.7 Å². The molecule has 0 atom stereocenters. The van der Waals surface area contributed by atoms with Crippen molar-refractivity contribution >= 4 is 54.8 Å². The van der Waals surface area contributed by atoms with Gasteiger partial charge in [-0.1, -0.05) is 39.7 Å². The Bertz CT molecular complexity index is 1100. The normalized spacial score (nSPS) is 11.1. The monoisotopic (exact) mass is 492 g/mol. The van der Waals surface area contributed by atoms with Gasteiger partial charge in [-0.3, -0.25) is 9.10 Å². The second-order valence-corrected chi connectivity index (χ2v) is 9.66. The molecule has 0 saturated carbocycles. The highest BCUT2D eigenvalue weighted by atomic mass is 79.9. The van der Waals surface area contributed by atoms with E-state index in [0.29, 0.717) is 22.0 Å². The van der Waals surface area contributed by atoms with Crippen molar-refractivity contribution in [3.8, 4) is 0 Å². The van der Waals surface area contributed by atoms with Crippen LogP contribution in [0.3, 0.4) is 0 Å². The molecule has 0 aliphatic carbocycles. The summed E-state index contributed by atoms with van der Waals surface area (Å²) in [4.78, 5) is 12.4. The van der Waals surface area contributed by atoms with Gasteiger partial charge in [0.1, 0.15) is 0 Å². The van der Waals surface area contributed by atoms with E-state index in [4.69, 9.17) is 11.6 Å². The zero-order valence-electron chi connectivity index (χ0n) is 15.5. The molecule has 8 heteroatoms. The van der Waals surface area contributed by atoms with Gasteiger partial charge >= 0.3 is 0 Å². The Labute approximate surface area is 183 Å². The van der Waals surface area contributed by atoms with Crippen molar-refractivity contribution in [2.24, 2.45) is 0 Å². The Morgan fingerprint density at radius 3 is 2.10 bits per heavy atom. The number of amides is 1. The van der Waals surface area contributed by atoms with Gasteiger partial charge in [-0.15, -0.1) is 0 Å². The first-order valence-corrected chi connectivity index (χ1v) is 11.6. The summed E-state index contributed by atoms with van der Waals surface area (Å²) in [6.07, 6.45) is 1.15. The first kappa shape index (κ1) is 21.4. The van der Waals surface area contributed by atoms with Gasteiger partial charge in [0.05, 0.1) is 18.5 Å². The van der Waals surface area contributed by atoms with Crippen LogP contribution in [0.4, 0.5) is 11.4 Å². The van der Waals surface area contributed by atoms with E-state index < -0.39 is 10.0 Å². The van der Waals surface area contributed by atoms with Crippen molar-refractivity contribution in [2.45, 2.75) is 6.54 Å². The van der Waals surface area contributed by atoms with Crippen LogP contribution in [0.5, 0.6) is 0 Å². The van der Waals surface area contributed by atoms with E-state index in [9.17, 15) is 13.2 Å². The van der Waals surface area contributed by atoms with E-state index in [1.807, 2.05) is 12.1 Å². The van der Waals surface area contributed by atoms with Crippen molar-refractivity contribution in [3.63, 3.8) is 0 Å². The van der Waals surface area contributed by atoms with Crippen molar-refractivity contribution < 1.29 is 13.2 Å². The molecule has 3 aromatic carbocycles. The van der Waals surface area contributed by atoms with Crippen LogP contribution in [0.1, 0.15) is 15.9 Å². The lowest BCUT2D eigenvalue weighted by Gasteiger charge is -2.23. The SMILES string of the molecule is CS(=O)(=O)N(Cc1ccc(Cl)cc1)c1ccc(C(=O)Nc2ccc(Br)cc2)cc1. The van der Waals surface area contributed by atoms with Crippen LogP contribution in [-0.4, -0.2) is 20.6 Å². The highest BCUT2D eigenvalue weighted by Gasteiger charge is 2.18. The fraction of sp³-hybridized carbons (Fsp3) is 0.0952. The first-order valence-electron chi connectivity index (χ1n) is 8.61. The Morgan fingerprint density at radius 2 is 1.55 bits per heavy atom. The molecule has 0 saturated heterocycles. The molecule has 0 radical (unpaired) electrons. The largest absolute Gasteiger partial charge is 0.322 e. The molecule has 0 fully saturated rings. The third kappa shape index (κ3) is 5.82. The number of sulfonamides is 1. The number of benzene rings is 3. The van der Waals surface area contributed by atoms with Gasteiger partial charge in [-0.25, -0.2) is 8.42 Å². The molecule has 150 valence electrons. The van der Waals surface area contributed by atoms with Crippen molar-refractivity contribution in [1.29, 1.82) is 0 Å². The summed E-state index contributed by atoms with van der Waals surface area (Å²) in [5, 5.41) is 3.39. The molecule has 5 nitrogen and oxygen atoms in total. The van der Waals surface area contributed by atoms with E-state index in [-0.39, 0.29) is 12.5 Å². The van der Waals surface area contributed by atoms with Crippen molar-refractivity contribution in [3.05, 3.63) is 93.4 Å². The lowest BCUT2D eigenvalue weighted by Crippen LogP contribution is -2.29. The fourth-order valence-electron chi connectivity index (χ4n) is 2.67. The zero-order valence-corrected chi connectivity index (χ0v) is 18.6. The number of rotatable bonds is 6. The Kier molecular flexibility index (Phi) is 6.62. The number of carbonyl (C=O) groups is 1. The molecular weight excluding hydrogens is 476 g/mol. The molecule has 1 N–H and O–H groups in total. The topological polar surface area (TPSA) is 66.5 Å². The van der Waals surface area contributed by atoms with Gasteiger partial charge in [-0.2, -0.15) is 0 Å². The predicted octanol–water partition coefficient (Wildman–Crippen LogP) is 5.32. The average molecular weight is 494 g/mol. The Hall–Kier alpha value is -2.35. The number of anilines is 2. The smallest absolute Gasteiger partial charge is 0.255 e. The summed E-state index contributed by atoms with van der Waals surface area (Å²) in [5.41, 5.74) is 2.37. The van der Waals surface area contributed by atoms with E-state index in [1.54, 1.807) is 60.7 Å². The lowest BCUT2D eigenvalue weighted by molar-refractivity contribution is 0.102. The van der Waals surface area contributed by atoms with E-state index in [2.05, 4.69) is 21.2 Å². The number of hydrogen-bond acceptors (Lipinski definition) is 3. The minimum Gasteiger partial charge on any atom is -0.322 e. The van der Waals surface area contributed by atoms with Crippen LogP contribution < -0.4 is 9.62 Å². The second-order valence-electron chi connectivity index (χ2n) is 6.40.